The maximum Gasteiger partial charge on any atom is 0.220 e. The molecule has 0 bridgehead atoms. The minimum Gasteiger partial charge on any atom is -0.440 e. The molecule has 0 spiro atoms. The molecular formula is C24H19F2N3O2. The predicted octanol–water partition coefficient (Wildman–Crippen LogP) is 3.97. The molecule has 7 heteroatoms. The fourth-order valence-corrected chi connectivity index (χ4v) is 3.89. The molecule has 1 unspecified atom stereocenters. The highest BCUT2D eigenvalue weighted by molar-refractivity contribution is 5.76. The van der Waals surface area contributed by atoms with Gasteiger partial charge in [0.2, 0.25) is 11.8 Å². The summed E-state index contributed by atoms with van der Waals surface area (Å²) in [7, 11) is 0. The largest absolute Gasteiger partial charge is 0.440 e. The Morgan fingerprint density at radius 3 is 2.32 bits per heavy atom. The third-order valence-electron chi connectivity index (χ3n) is 5.40. The van der Waals surface area contributed by atoms with Crippen LogP contribution in [0.5, 0.6) is 0 Å². The van der Waals surface area contributed by atoms with Crippen LogP contribution in [-0.2, 0) is 9.53 Å². The lowest BCUT2D eigenvalue weighted by Gasteiger charge is -2.38. The zero-order chi connectivity index (χ0) is 22.1. The van der Waals surface area contributed by atoms with Gasteiger partial charge in [-0.15, -0.1) is 0 Å². The van der Waals surface area contributed by atoms with Crippen molar-refractivity contribution < 1.29 is 18.3 Å². The van der Waals surface area contributed by atoms with Crippen molar-refractivity contribution in [3.8, 4) is 6.07 Å². The molecule has 2 N–H and O–H groups in total. The van der Waals surface area contributed by atoms with Crippen LogP contribution in [0.25, 0.3) is 6.08 Å². The van der Waals surface area contributed by atoms with Gasteiger partial charge in [-0.2, -0.15) is 5.26 Å². The second kappa shape index (κ2) is 8.07. The van der Waals surface area contributed by atoms with E-state index < -0.39 is 11.7 Å². The standard InChI is InChI=1S/C24H19F2N3O2/c1-14(30)29-12-17(10-15-2-6-18(25)7-3-15)23-21(13-29)22(20(11-27)24(28)31-23)16-4-8-19(26)9-5-16/h2-10,22H,12-13,28H2,1H3/b17-10+. The van der Waals surface area contributed by atoms with Gasteiger partial charge in [0.05, 0.1) is 5.92 Å². The average Bonchev–Trinajstić information content (AvgIpc) is 2.75. The Kier molecular flexibility index (Phi) is 5.30. The first-order valence-electron chi connectivity index (χ1n) is 9.65. The molecule has 156 valence electrons. The third kappa shape index (κ3) is 3.92. The summed E-state index contributed by atoms with van der Waals surface area (Å²) in [5.41, 5.74) is 9.06. The normalized spacial score (nSPS) is 19.7. The first-order chi connectivity index (χ1) is 14.9. The summed E-state index contributed by atoms with van der Waals surface area (Å²) in [6.07, 6.45) is 1.80. The number of nitrogens with two attached hydrogens (primary N) is 1. The van der Waals surface area contributed by atoms with Crippen molar-refractivity contribution in [1.82, 2.24) is 4.90 Å². The van der Waals surface area contributed by atoms with Gasteiger partial charge in [-0.05, 0) is 41.5 Å². The van der Waals surface area contributed by atoms with Crippen molar-refractivity contribution in [2.24, 2.45) is 5.73 Å². The maximum absolute atomic E-state index is 13.5. The van der Waals surface area contributed by atoms with E-state index >= 15 is 0 Å². The van der Waals surface area contributed by atoms with Gasteiger partial charge in [0.15, 0.2) is 0 Å². The molecule has 2 aromatic carbocycles. The van der Waals surface area contributed by atoms with Gasteiger partial charge in [0.1, 0.15) is 29.0 Å². The highest BCUT2D eigenvalue weighted by Gasteiger charge is 2.38. The molecule has 4 rings (SSSR count). The minimum absolute atomic E-state index is 0.0307. The van der Waals surface area contributed by atoms with Crippen LogP contribution in [0.15, 0.2) is 76.9 Å². The van der Waals surface area contributed by atoms with Crippen LogP contribution in [0.4, 0.5) is 8.78 Å². The molecule has 0 fully saturated rings. The van der Waals surface area contributed by atoms with Crippen LogP contribution >= 0.6 is 0 Å². The van der Waals surface area contributed by atoms with Crippen LogP contribution < -0.4 is 5.73 Å². The van der Waals surface area contributed by atoms with E-state index in [1.807, 2.05) is 0 Å². The summed E-state index contributed by atoms with van der Waals surface area (Å²) >= 11 is 0. The molecule has 2 heterocycles. The number of allylic oxidation sites excluding steroid dienone is 1. The summed E-state index contributed by atoms with van der Waals surface area (Å²) in [4.78, 5) is 13.9. The van der Waals surface area contributed by atoms with Crippen molar-refractivity contribution in [2.45, 2.75) is 12.8 Å². The molecule has 0 aliphatic carbocycles. The lowest BCUT2D eigenvalue weighted by Crippen LogP contribution is -2.40. The first kappa shape index (κ1) is 20.4. The van der Waals surface area contributed by atoms with Gasteiger partial charge in [-0.25, -0.2) is 8.78 Å². The molecule has 2 aliphatic rings. The number of hydrogen-bond acceptors (Lipinski definition) is 4. The van der Waals surface area contributed by atoms with Gasteiger partial charge < -0.3 is 15.4 Å². The van der Waals surface area contributed by atoms with Crippen LogP contribution in [0, 0.1) is 23.0 Å². The van der Waals surface area contributed by atoms with Crippen LogP contribution in [0.2, 0.25) is 0 Å². The van der Waals surface area contributed by atoms with E-state index in [0.29, 0.717) is 22.5 Å². The van der Waals surface area contributed by atoms with E-state index in [0.717, 1.165) is 5.56 Å². The molecule has 0 saturated heterocycles. The van der Waals surface area contributed by atoms with Crippen molar-refractivity contribution in [1.29, 1.82) is 5.26 Å². The number of rotatable bonds is 2. The lowest BCUT2D eigenvalue weighted by molar-refractivity contribution is -0.128. The van der Waals surface area contributed by atoms with Crippen molar-refractivity contribution in [3.05, 3.63) is 99.7 Å². The Balaban J connectivity index is 1.88. The van der Waals surface area contributed by atoms with E-state index in [1.54, 1.807) is 35.2 Å². The fourth-order valence-electron chi connectivity index (χ4n) is 3.89. The predicted molar refractivity (Wildman–Crippen MR) is 111 cm³/mol. The van der Waals surface area contributed by atoms with Crippen molar-refractivity contribution in [3.63, 3.8) is 0 Å². The smallest absolute Gasteiger partial charge is 0.220 e. The highest BCUT2D eigenvalue weighted by atomic mass is 19.1. The summed E-state index contributed by atoms with van der Waals surface area (Å²) in [5, 5.41) is 9.75. The first-order valence-corrected chi connectivity index (χ1v) is 9.65. The molecule has 0 aromatic heterocycles. The number of nitrogens with zero attached hydrogens (tertiary/aromatic N) is 2. The van der Waals surface area contributed by atoms with Gasteiger partial charge in [0, 0.05) is 31.2 Å². The lowest BCUT2D eigenvalue weighted by atomic mass is 9.80. The SMILES string of the molecule is CC(=O)N1CC2=C(OC(N)=C(C#N)C2c2ccc(F)cc2)/C(=C/c2ccc(F)cc2)C1. The molecule has 2 aromatic rings. The number of hydrogen-bond donors (Lipinski definition) is 1. The van der Waals surface area contributed by atoms with E-state index in [9.17, 15) is 18.8 Å². The quantitative estimate of drug-likeness (QED) is 0.799. The number of benzene rings is 2. The number of ether oxygens (including phenoxy) is 1. The van der Waals surface area contributed by atoms with Gasteiger partial charge >= 0.3 is 0 Å². The Bertz CT molecular complexity index is 1170. The second-order valence-corrected chi connectivity index (χ2v) is 7.43. The Morgan fingerprint density at radius 1 is 1.13 bits per heavy atom. The summed E-state index contributed by atoms with van der Waals surface area (Å²) in [6, 6.07) is 13.9. The van der Waals surface area contributed by atoms with Gasteiger partial charge in [-0.1, -0.05) is 24.3 Å². The molecule has 0 radical (unpaired) electrons. The van der Waals surface area contributed by atoms with E-state index in [4.69, 9.17) is 10.5 Å². The molecule has 1 amide bonds. The monoisotopic (exact) mass is 419 g/mol. The fraction of sp³-hybridized carbons (Fsp3) is 0.167. The number of amides is 1. The third-order valence-corrected chi connectivity index (χ3v) is 5.40. The summed E-state index contributed by atoms with van der Waals surface area (Å²) in [5.74, 6) is -1.02. The summed E-state index contributed by atoms with van der Waals surface area (Å²) in [6.45, 7) is 1.98. The van der Waals surface area contributed by atoms with E-state index in [2.05, 4.69) is 6.07 Å². The molecular weight excluding hydrogens is 400 g/mol. The Hall–Kier alpha value is -3.92. The van der Waals surface area contributed by atoms with Crippen molar-refractivity contribution >= 4 is 12.0 Å². The highest BCUT2D eigenvalue weighted by Crippen LogP contribution is 2.43. The van der Waals surface area contributed by atoms with Crippen LogP contribution in [0.1, 0.15) is 24.0 Å². The van der Waals surface area contributed by atoms with E-state index in [-0.39, 0.29) is 36.3 Å². The van der Waals surface area contributed by atoms with Crippen LogP contribution in [-0.4, -0.2) is 23.9 Å². The molecule has 5 nitrogen and oxygen atoms in total. The van der Waals surface area contributed by atoms with Crippen LogP contribution in [0.3, 0.4) is 0 Å². The second-order valence-electron chi connectivity index (χ2n) is 7.43. The van der Waals surface area contributed by atoms with Crippen molar-refractivity contribution in [2.75, 3.05) is 13.1 Å². The van der Waals surface area contributed by atoms with E-state index in [1.165, 1.54) is 31.2 Å². The minimum atomic E-state index is -0.576. The van der Waals surface area contributed by atoms with Gasteiger partial charge in [-0.3, -0.25) is 4.79 Å². The number of carbonyl (C=O) groups is 1. The number of nitriles is 1. The zero-order valence-corrected chi connectivity index (χ0v) is 16.7. The topological polar surface area (TPSA) is 79.3 Å². The molecule has 31 heavy (non-hydrogen) atoms. The zero-order valence-electron chi connectivity index (χ0n) is 16.7. The molecule has 0 saturated carbocycles. The summed E-state index contributed by atoms with van der Waals surface area (Å²) < 4.78 is 32.7. The number of halogens is 2. The van der Waals surface area contributed by atoms with Gasteiger partial charge in [0.25, 0.3) is 0 Å². The Labute approximate surface area is 178 Å². The Morgan fingerprint density at radius 2 is 1.74 bits per heavy atom. The number of carbonyl (C=O) groups excluding carboxylic acids is 1. The molecule has 1 atom stereocenters. The maximum atomic E-state index is 13.5. The average molecular weight is 419 g/mol. The molecule has 2 aliphatic heterocycles.